The van der Waals surface area contributed by atoms with E-state index in [9.17, 15) is 25.9 Å². The Morgan fingerprint density at radius 2 is 1.14 bits per heavy atom. The van der Waals surface area contributed by atoms with E-state index in [1.807, 2.05) is 5.92 Å². The van der Waals surface area contributed by atoms with Crippen LogP contribution in [0.4, 0.5) is 37.7 Å². The van der Waals surface area contributed by atoms with Crippen LogP contribution < -0.4 is 15.4 Å². The van der Waals surface area contributed by atoms with Crippen molar-refractivity contribution >= 4 is 76.9 Å². The maximum atomic E-state index is 16.4. The second-order valence-corrected chi connectivity index (χ2v) is 16.8. The largest absolute Gasteiger partial charge is 0.497 e. The average Bonchev–Trinajstić information content (AvgIpc) is 4.10. The molecule has 0 saturated carbocycles. The number of halogens is 6. The van der Waals surface area contributed by atoms with Gasteiger partial charge in [0.1, 0.15) is 21.2 Å². The molecule has 65 heavy (non-hydrogen) atoms. The smallest absolute Gasteiger partial charge is 0.296 e. The molecular weight excluding hydrogens is 903 g/mol. The minimum Gasteiger partial charge on any atom is -0.497 e. The number of fused-ring (bicyclic) bond motifs is 9. The predicted octanol–water partition coefficient (Wildman–Crippen LogP) is 9.12. The molecule has 0 amide bonds. The third-order valence-corrected chi connectivity index (χ3v) is 12.0. The molecule has 1 aliphatic heterocycles. The normalized spacial score (nSPS) is 12.0. The fraction of sp³-hybridized carbons (Fsp3) is 0.0682. The molecule has 0 spiro atoms. The molecule has 0 aliphatic carbocycles. The molecule has 13 nitrogen and oxygen atoms in total. The molecule has 330 valence electrons. The summed E-state index contributed by atoms with van der Waals surface area (Å²) in [6.07, 6.45) is 13.2. The molecule has 0 atom stereocenters. The van der Waals surface area contributed by atoms with Gasteiger partial charge in [0.25, 0.3) is 20.2 Å². The van der Waals surface area contributed by atoms with Crippen molar-refractivity contribution in [3.05, 3.63) is 107 Å². The number of terminal acetylenes is 2. The number of nitrogens with zero attached hydrogens (tertiary/aromatic N) is 1. The lowest BCUT2D eigenvalue weighted by Crippen LogP contribution is -2.09. The van der Waals surface area contributed by atoms with Crippen molar-refractivity contribution in [2.24, 2.45) is 0 Å². The van der Waals surface area contributed by atoms with Gasteiger partial charge in [-0.05, 0) is 66.2 Å². The van der Waals surface area contributed by atoms with Crippen LogP contribution >= 0.6 is 0 Å². The Hall–Kier alpha value is -7.69. The molecule has 3 aromatic carbocycles. The fourth-order valence-electron chi connectivity index (χ4n) is 7.45. The third-order valence-electron chi connectivity index (χ3n) is 10.3. The zero-order valence-electron chi connectivity index (χ0n) is 33.0. The maximum Gasteiger partial charge on any atom is 0.296 e. The number of ether oxygens (including phenoxy) is 1. The molecule has 21 heteroatoms. The van der Waals surface area contributed by atoms with E-state index in [0.717, 1.165) is 18.2 Å². The highest BCUT2D eigenvalue weighted by atomic mass is 32.2. The maximum absolute atomic E-state index is 16.4. The Bertz CT molecular complexity index is 3620. The van der Waals surface area contributed by atoms with Crippen molar-refractivity contribution in [2.75, 3.05) is 30.8 Å². The van der Waals surface area contributed by atoms with E-state index in [4.69, 9.17) is 22.6 Å². The van der Waals surface area contributed by atoms with Gasteiger partial charge in [0.05, 0.1) is 64.9 Å². The van der Waals surface area contributed by atoms with E-state index >= 15 is 26.3 Å². The molecule has 0 saturated heterocycles. The van der Waals surface area contributed by atoms with Crippen LogP contribution in [0, 0.1) is 59.6 Å². The third kappa shape index (κ3) is 7.65. The molecule has 4 aromatic heterocycles. The minimum atomic E-state index is -5.52. The Labute approximate surface area is 364 Å². The van der Waals surface area contributed by atoms with E-state index in [-0.39, 0.29) is 45.8 Å². The van der Waals surface area contributed by atoms with E-state index in [2.05, 4.69) is 31.5 Å². The summed E-state index contributed by atoms with van der Waals surface area (Å²) in [4.78, 5) is 10.4. The van der Waals surface area contributed by atoms with Gasteiger partial charge in [0.15, 0.2) is 34.9 Å². The van der Waals surface area contributed by atoms with Crippen LogP contribution in [0.5, 0.6) is 5.75 Å². The monoisotopic (exact) mass is 930 g/mol. The number of hydrogen-bond donors (Lipinski definition) is 7. The first-order valence-corrected chi connectivity index (χ1v) is 21.5. The molecule has 0 radical (unpaired) electrons. The van der Waals surface area contributed by atoms with Crippen molar-refractivity contribution in [1.29, 1.82) is 0 Å². The lowest BCUT2D eigenvalue weighted by Gasteiger charge is -2.13. The van der Waals surface area contributed by atoms with Crippen LogP contribution in [0.3, 0.4) is 0 Å². The van der Waals surface area contributed by atoms with Gasteiger partial charge >= 0.3 is 0 Å². The van der Waals surface area contributed by atoms with Crippen molar-refractivity contribution in [3.8, 4) is 63.8 Å². The van der Waals surface area contributed by atoms with Crippen LogP contribution in [0.1, 0.15) is 11.4 Å². The highest BCUT2D eigenvalue weighted by Gasteiger charge is 2.31. The molecule has 8 bridgehead atoms. The number of aromatic amines is 3. The first-order chi connectivity index (χ1) is 30.9. The van der Waals surface area contributed by atoms with Crippen LogP contribution in [-0.4, -0.2) is 66.1 Å². The SMILES string of the molecule is C#CCNc1ccc(-c2c3nc(c(-c4ccc(OC)cc4)c4ccc([nH]4)c(-c4c(F)c(F)c(NCC#C)c(F)c4F)c4cc(S(=O)(=O)O)c([nH]4)c4[nH]c2cc4S(=O)(=O)O)C=C3)c(F)c1F. The fourth-order valence-corrected chi connectivity index (χ4v) is 8.81. The average molecular weight is 931 g/mol. The van der Waals surface area contributed by atoms with Crippen molar-refractivity contribution < 1.29 is 57.0 Å². The first-order valence-electron chi connectivity index (χ1n) is 18.6. The van der Waals surface area contributed by atoms with Crippen molar-refractivity contribution in [2.45, 2.75) is 9.79 Å². The second-order valence-electron chi connectivity index (χ2n) is 14.1. The molecule has 7 aromatic rings. The quantitative estimate of drug-likeness (QED) is 0.0300. The van der Waals surface area contributed by atoms with Gasteiger partial charge < -0.3 is 30.3 Å². The number of aromatic nitrogens is 4. The van der Waals surface area contributed by atoms with E-state index < -0.39 is 116 Å². The van der Waals surface area contributed by atoms with Gasteiger partial charge in [-0.2, -0.15) is 16.8 Å². The zero-order valence-corrected chi connectivity index (χ0v) is 34.6. The standard InChI is InChI=1S/C44H28F6N6O7S2/c1-4-16-51-27-11-10-22(36(45)37(27)46)33-25-14-12-23(53-25)32(20-6-8-21(63-3)9-7-20)24-13-15-26(54-24)34(35-38(47)40(49)44(52-17-5-2)41(50)39(35)48)29-19-31(65(60,61)62)43(56-29)42-30(64(57,58)59)18-28(33)55-42/h1-2,6-15,18-19,51-52,54-56H,16-17H2,3H3,(H,57,58,59)(H,60,61,62). The summed E-state index contributed by atoms with van der Waals surface area (Å²) in [6, 6.07) is 12.5. The molecular formula is C44H28F6N6O7S2. The Balaban J connectivity index is 1.66. The van der Waals surface area contributed by atoms with Gasteiger partial charge in [-0.1, -0.05) is 24.0 Å². The number of benzene rings is 3. The topological polar surface area (TPSA) is 202 Å². The number of nitrogens with one attached hydrogen (secondary N) is 5. The Kier molecular flexibility index (Phi) is 11.1. The summed E-state index contributed by atoms with van der Waals surface area (Å²) in [7, 11) is -9.56. The van der Waals surface area contributed by atoms with E-state index in [1.54, 1.807) is 24.3 Å². The van der Waals surface area contributed by atoms with Gasteiger partial charge in [-0.25, -0.2) is 31.3 Å². The summed E-state index contributed by atoms with van der Waals surface area (Å²) in [5, 5.41) is 4.60. The Morgan fingerprint density at radius 3 is 1.68 bits per heavy atom. The molecule has 7 N–H and O–H groups in total. The summed E-state index contributed by atoms with van der Waals surface area (Å²) < 4.78 is 176. The number of hydrogen-bond acceptors (Lipinski definition) is 8. The molecule has 0 unspecified atom stereocenters. The minimum absolute atomic E-state index is 0.0936. The summed E-state index contributed by atoms with van der Waals surface area (Å²) in [5.41, 5.74) is -7.39. The molecule has 1 aliphatic rings. The number of anilines is 2. The number of rotatable bonds is 10. The Morgan fingerprint density at radius 1 is 0.615 bits per heavy atom. The van der Waals surface area contributed by atoms with Crippen LogP contribution in [0.2, 0.25) is 0 Å². The van der Waals surface area contributed by atoms with Gasteiger partial charge in [-0.3, -0.25) is 9.11 Å². The van der Waals surface area contributed by atoms with Crippen LogP contribution in [0.15, 0.2) is 70.5 Å². The number of H-pyrrole nitrogens is 3. The lowest BCUT2D eigenvalue weighted by molar-refractivity contribution is 0.415. The van der Waals surface area contributed by atoms with Gasteiger partial charge in [0, 0.05) is 33.3 Å². The number of methoxy groups -OCH3 is 1. The van der Waals surface area contributed by atoms with Crippen molar-refractivity contribution in [3.63, 3.8) is 0 Å². The van der Waals surface area contributed by atoms with Crippen LogP contribution in [0.25, 0.3) is 78.6 Å². The highest BCUT2D eigenvalue weighted by molar-refractivity contribution is 7.86. The predicted molar refractivity (Wildman–Crippen MR) is 232 cm³/mol. The van der Waals surface area contributed by atoms with E-state index in [1.165, 1.54) is 31.4 Å². The first kappa shape index (κ1) is 43.9. The summed E-state index contributed by atoms with van der Waals surface area (Å²) in [6.45, 7) is -0.764. The second kappa shape index (κ2) is 16.5. The van der Waals surface area contributed by atoms with E-state index in [0.29, 0.717) is 17.4 Å². The van der Waals surface area contributed by atoms with Crippen LogP contribution in [-0.2, 0) is 20.2 Å². The van der Waals surface area contributed by atoms with Gasteiger partial charge in [-0.15, -0.1) is 12.8 Å². The molecule has 0 fully saturated rings. The highest BCUT2D eigenvalue weighted by Crippen LogP contribution is 2.43. The molecule has 8 rings (SSSR count). The lowest BCUT2D eigenvalue weighted by atomic mass is 10.0. The summed E-state index contributed by atoms with van der Waals surface area (Å²) in [5.74, 6) is -6.15. The molecule has 5 heterocycles. The van der Waals surface area contributed by atoms with Crippen molar-refractivity contribution in [1.82, 2.24) is 19.9 Å². The summed E-state index contributed by atoms with van der Waals surface area (Å²) >= 11 is 0. The van der Waals surface area contributed by atoms with Gasteiger partial charge in [0.2, 0.25) is 0 Å². The zero-order chi connectivity index (χ0) is 46.7.